The van der Waals surface area contributed by atoms with Gasteiger partial charge in [0, 0.05) is 13.0 Å². The standard InChI is InChI=1S/C14H20N2O.C6H3N3O7/c1-16(2)10-9-14(17)15-13-8-7-11-5-3-4-6-12(11)13;10-6-4(8(13)14)1-3(7(11)12)2-5(6)9(15)16/h3-6,13H,7-10H2,1-2H3,(H,15,17);1-2,10H. The van der Waals surface area contributed by atoms with Gasteiger partial charge in [0.1, 0.15) is 0 Å². The molecule has 13 heteroatoms. The normalized spacial score (nSPS) is 14.1. The fraction of sp³-hybridized carbons (Fsp3) is 0.350. The van der Waals surface area contributed by atoms with E-state index >= 15 is 0 Å². The van der Waals surface area contributed by atoms with Crippen LogP contribution in [0.25, 0.3) is 0 Å². The zero-order valence-electron chi connectivity index (χ0n) is 18.0. The fourth-order valence-corrected chi connectivity index (χ4v) is 3.27. The number of carbonyl (C=O) groups excluding carboxylic acids is 1. The van der Waals surface area contributed by atoms with Crippen molar-refractivity contribution in [2.45, 2.75) is 25.3 Å². The second-order valence-corrected chi connectivity index (χ2v) is 7.51. The first-order valence-corrected chi connectivity index (χ1v) is 9.83. The number of phenolic OH excluding ortho intramolecular Hbond substituents is 1. The second kappa shape index (κ2) is 10.9. The average Bonchev–Trinajstić information content (AvgIpc) is 3.15. The molecule has 0 bridgehead atoms. The van der Waals surface area contributed by atoms with Gasteiger partial charge in [-0.15, -0.1) is 0 Å². The molecule has 1 amide bonds. The first-order chi connectivity index (χ1) is 15.5. The van der Waals surface area contributed by atoms with E-state index in [1.165, 1.54) is 11.1 Å². The molecule has 1 aliphatic rings. The number of phenols is 1. The van der Waals surface area contributed by atoms with Gasteiger partial charge in [-0.3, -0.25) is 35.1 Å². The Morgan fingerprint density at radius 3 is 2.15 bits per heavy atom. The van der Waals surface area contributed by atoms with E-state index in [9.17, 15) is 35.1 Å². The van der Waals surface area contributed by atoms with E-state index in [2.05, 4.69) is 23.5 Å². The monoisotopic (exact) mass is 461 g/mol. The molecular weight excluding hydrogens is 438 g/mol. The van der Waals surface area contributed by atoms with Crippen molar-refractivity contribution in [3.8, 4) is 5.75 Å². The summed E-state index contributed by atoms with van der Waals surface area (Å²) in [5, 5.41) is 43.3. The number of benzene rings is 2. The third kappa shape index (κ3) is 6.67. The Labute approximate surface area is 188 Å². The summed E-state index contributed by atoms with van der Waals surface area (Å²) in [5.74, 6) is -1.05. The third-order valence-electron chi connectivity index (χ3n) is 4.91. The van der Waals surface area contributed by atoms with E-state index in [4.69, 9.17) is 5.11 Å². The number of hydrogen-bond acceptors (Lipinski definition) is 9. The summed E-state index contributed by atoms with van der Waals surface area (Å²) in [7, 11) is 3.97. The number of non-ortho nitro benzene ring substituents is 1. The highest BCUT2D eigenvalue weighted by Crippen LogP contribution is 2.39. The summed E-state index contributed by atoms with van der Waals surface area (Å²) in [6.45, 7) is 0.806. The molecule has 33 heavy (non-hydrogen) atoms. The number of nitrogens with one attached hydrogen (secondary N) is 1. The van der Waals surface area contributed by atoms with Crippen LogP contribution < -0.4 is 5.32 Å². The molecule has 1 atom stereocenters. The molecule has 0 heterocycles. The number of fused-ring (bicyclic) bond motifs is 1. The zero-order valence-corrected chi connectivity index (χ0v) is 18.0. The maximum absolute atomic E-state index is 11.8. The van der Waals surface area contributed by atoms with Gasteiger partial charge in [-0.25, -0.2) is 0 Å². The van der Waals surface area contributed by atoms with Crippen LogP contribution in [0.5, 0.6) is 5.75 Å². The molecule has 0 spiro atoms. The Balaban J connectivity index is 0.000000234. The number of nitro groups is 3. The summed E-state index contributed by atoms with van der Waals surface area (Å²) in [5.41, 5.74) is -0.325. The van der Waals surface area contributed by atoms with Crippen LogP contribution in [0.2, 0.25) is 0 Å². The smallest absolute Gasteiger partial charge is 0.324 e. The van der Waals surface area contributed by atoms with E-state index < -0.39 is 37.6 Å². The van der Waals surface area contributed by atoms with Crippen molar-refractivity contribution in [3.05, 3.63) is 77.9 Å². The third-order valence-corrected chi connectivity index (χ3v) is 4.91. The Kier molecular flexibility index (Phi) is 8.34. The molecule has 0 radical (unpaired) electrons. The molecule has 176 valence electrons. The van der Waals surface area contributed by atoms with Gasteiger partial charge in [0.25, 0.3) is 11.4 Å². The molecule has 2 aromatic carbocycles. The van der Waals surface area contributed by atoms with Gasteiger partial charge in [0.05, 0.1) is 32.9 Å². The maximum atomic E-state index is 11.8. The molecule has 3 rings (SSSR count). The van der Waals surface area contributed by atoms with Gasteiger partial charge in [-0.1, -0.05) is 24.3 Å². The van der Waals surface area contributed by atoms with Crippen LogP contribution in [-0.4, -0.2) is 51.3 Å². The predicted molar refractivity (Wildman–Crippen MR) is 117 cm³/mol. The highest BCUT2D eigenvalue weighted by atomic mass is 16.6. The first-order valence-electron chi connectivity index (χ1n) is 9.83. The van der Waals surface area contributed by atoms with Crippen molar-refractivity contribution in [2.75, 3.05) is 20.6 Å². The van der Waals surface area contributed by atoms with E-state index in [1.54, 1.807) is 0 Å². The Morgan fingerprint density at radius 2 is 1.64 bits per heavy atom. The topological polar surface area (TPSA) is 182 Å². The summed E-state index contributed by atoms with van der Waals surface area (Å²) in [6.07, 6.45) is 2.69. The molecule has 2 aromatic rings. The lowest BCUT2D eigenvalue weighted by molar-refractivity contribution is -0.404. The van der Waals surface area contributed by atoms with Crippen molar-refractivity contribution in [1.29, 1.82) is 0 Å². The van der Waals surface area contributed by atoms with E-state index in [-0.39, 0.29) is 11.9 Å². The molecule has 0 saturated carbocycles. The molecule has 13 nitrogen and oxygen atoms in total. The molecule has 0 fully saturated rings. The van der Waals surface area contributed by atoms with Crippen LogP contribution in [0.1, 0.15) is 30.0 Å². The zero-order chi connectivity index (χ0) is 24.7. The van der Waals surface area contributed by atoms with Gasteiger partial charge in [0.2, 0.25) is 5.91 Å². The van der Waals surface area contributed by atoms with Gasteiger partial charge in [-0.2, -0.15) is 0 Å². The van der Waals surface area contributed by atoms with E-state index in [0.717, 1.165) is 19.4 Å². The quantitative estimate of drug-likeness (QED) is 0.462. The Hall–Kier alpha value is -4.13. The Bertz CT molecular complexity index is 1040. The van der Waals surface area contributed by atoms with Gasteiger partial charge >= 0.3 is 11.4 Å². The fourth-order valence-electron chi connectivity index (χ4n) is 3.27. The SMILES string of the molecule is CN(C)CCC(=O)NC1CCc2ccccc21.O=[N+]([O-])c1cc([N+](=O)[O-])c(O)c([N+](=O)[O-])c1. The number of amides is 1. The lowest BCUT2D eigenvalue weighted by Crippen LogP contribution is -2.29. The molecule has 0 aliphatic heterocycles. The van der Waals surface area contributed by atoms with Crippen molar-refractivity contribution in [1.82, 2.24) is 10.2 Å². The number of nitro benzene ring substituents is 3. The van der Waals surface area contributed by atoms with Crippen molar-refractivity contribution >= 4 is 23.0 Å². The first kappa shape index (κ1) is 25.1. The van der Waals surface area contributed by atoms with Gasteiger partial charge in [-0.05, 0) is 38.1 Å². The molecular formula is C20H23N5O8. The number of rotatable bonds is 7. The second-order valence-electron chi connectivity index (χ2n) is 7.51. The number of carbonyl (C=O) groups is 1. The Morgan fingerprint density at radius 1 is 1.06 bits per heavy atom. The largest absolute Gasteiger partial charge is 0.497 e. The number of aryl methyl sites for hydroxylation is 1. The maximum Gasteiger partial charge on any atom is 0.324 e. The van der Waals surface area contributed by atoms with Crippen LogP contribution in [0.3, 0.4) is 0 Å². The molecule has 1 aliphatic carbocycles. The predicted octanol–water partition coefficient (Wildman–Crippen LogP) is 2.86. The number of aromatic hydroxyl groups is 1. The van der Waals surface area contributed by atoms with Crippen molar-refractivity contribution in [3.63, 3.8) is 0 Å². The van der Waals surface area contributed by atoms with Gasteiger partial charge < -0.3 is 15.3 Å². The van der Waals surface area contributed by atoms with E-state index in [0.29, 0.717) is 18.6 Å². The van der Waals surface area contributed by atoms with Crippen LogP contribution in [-0.2, 0) is 11.2 Å². The van der Waals surface area contributed by atoms with Crippen LogP contribution >= 0.6 is 0 Å². The number of hydrogen-bond donors (Lipinski definition) is 2. The van der Waals surface area contributed by atoms with Crippen molar-refractivity contribution in [2.24, 2.45) is 0 Å². The minimum atomic E-state index is -1.21. The van der Waals surface area contributed by atoms with Gasteiger partial charge in [0.15, 0.2) is 0 Å². The summed E-state index contributed by atoms with van der Waals surface area (Å²) in [4.78, 5) is 41.6. The van der Waals surface area contributed by atoms with Crippen LogP contribution in [0, 0.1) is 30.3 Å². The highest BCUT2D eigenvalue weighted by molar-refractivity contribution is 5.76. The summed E-state index contributed by atoms with van der Waals surface area (Å²) < 4.78 is 0. The van der Waals surface area contributed by atoms with Crippen LogP contribution in [0.4, 0.5) is 17.1 Å². The molecule has 1 unspecified atom stereocenters. The van der Waals surface area contributed by atoms with Crippen LogP contribution in [0.15, 0.2) is 36.4 Å². The minimum Gasteiger partial charge on any atom is -0.497 e. The molecule has 0 saturated heterocycles. The average molecular weight is 461 g/mol. The highest BCUT2D eigenvalue weighted by Gasteiger charge is 2.30. The van der Waals surface area contributed by atoms with E-state index in [1.807, 2.05) is 25.1 Å². The summed E-state index contributed by atoms with van der Waals surface area (Å²) >= 11 is 0. The molecule has 0 aromatic heterocycles. The number of nitrogens with zero attached hydrogens (tertiary/aromatic N) is 4. The lowest BCUT2D eigenvalue weighted by Gasteiger charge is -2.15. The molecule has 2 N–H and O–H groups in total. The minimum absolute atomic E-state index is 0.153. The lowest BCUT2D eigenvalue weighted by atomic mass is 10.1. The van der Waals surface area contributed by atoms with Crippen molar-refractivity contribution < 1.29 is 24.7 Å². The summed E-state index contributed by atoms with van der Waals surface area (Å²) in [6, 6.07) is 9.50.